The van der Waals surface area contributed by atoms with Gasteiger partial charge in [-0.2, -0.15) is 15.0 Å². The number of aliphatic imine (C=N–C) groups is 3. The van der Waals surface area contributed by atoms with Crippen molar-refractivity contribution >= 4 is 18.2 Å². The van der Waals surface area contributed by atoms with Gasteiger partial charge in [0, 0.05) is 5.92 Å². The van der Waals surface area contributed by atoms with Crippen LogP contribution in [0, 0.1) is 5.92 Å². The van der Waals surface area contributed by atoms with Crippen molar-refractivity contribution < 1.29 is 14.4 Å². The van der Waals surface area contributed by atoms with E-state index in [9.17, 15) is 14.4 Å². The van der Waals surface area contributed by atoms with Crippen LogP contribution >= 0.6 is 0 Å². The molecule has 0 spiro atoms. The second kappa shape index (κ2) is 7.42. The topological polar surface area (TPSA) is 88.3 Å². The molecule has 0 radical (unpaired) electrons. The maximum atomic E-state index is 11.1. The highest BCUT2D eigenvalue weighted by atomic mass is 16.1. The summed E-state index contributed by atoms with van der Waals surface area (Å²) in [6.45, 7) is 0. The summed E-state index contributed by atoms with van der Waals surface area (Å²) in [6, 6.07) is 0. The molecule has 2 rings (SSSR count). The number of nitrogens with zero attached hydrogens (tertiary/aromatic N) is 3. The second-order valence-electron chi connectivity index (χ2n) is 6.26. The fourth-order valence-electron chi connectivity index (χ4n) is 4.23. The smallest absolute Gasteiger partial charge is 0.211 e. The van der Waals surface area contributed by atoms with Crippen LogP contribution in [0.1, 0.15) is 64.2 Å². The first kappa shape index (κ1) is 16.5. The average molecular weight is 303 g/mol. The summed E-state index contributed by atoms with van der Waals surface area (Å²) >= 11 is 0. The molecule has 2 fully saturated rings. The van der Waals surface area contributed by atoms with Crippen molar-refractivity contribution in [1.29, 1.82) is 0 Å². The molecule has 0 atom stereocenters. The van der Waals surface area contributed by atoms with Crippen molar-refractivity contribution in [1.82, 2.24) is 0 Å². The molecule has 2 saturated carbocycles. The largest absolute Gasteiger partial charge is 0.237 e. The summed E-state index contributed by atoms with van der Waals surface area (Å²) in [5, 5.41) is 0. The lowest BCUT2D eigenvalue weighted by molar-refractivity contribution is 0.0876. The van der Waals surface area contributed by atoms with Crippen LogP contribution in [-0.2, 0) is 14.4 Å². The van der Waals surface area contributed by atoms with Crippen molar-refractivity contribution in [3.63, 3.8) is 0 Å². The van der Waals surface area contributed by atoms with E-state index >= 15 is 0 Å². The van der Waals surface area contributed by atoms with Crippen LogP contribution < -0.4 is 0 Å². The molecule has 0 aromatic carbocycles. The first-order valence-corrected chi connectivity index (χ1v) is 8.02. The van der Waals surface area contributed by atoms with E-state index in [4.69, 9.17) is 0 Å². The van der Waals surface area contributed by atoms with Gasteiger partial charge in [-0.25, -0.2) is 14.4 Å². The van der Waals surface area contributed by atoms with Crippen LogP contribution in [0.4, 0.5) is 0 Å². The molecule has 0 bridgehead atoms. The van der Waals surface area contributed by atoms with Crippen molar-refractivity contribution in [2.45, 2.75) is 75.4 Å². The molecule has 0 aliphatic heterocycles. The number of hydrogen-bond acceptors (Lipinski definition) is 6. The zero-order chi connectivity index (χ0) is 15.9. The maximum Gasteiger partial charge on any atom is 0.237 e. The fraction of sp³-hybridized carbons (Fsp3) is 0.812. The minimum atomic E-state index is -1.34. The van der Waals surface area contributed by atoms with Gasteiger partial charge in [0.1, 0.15) is 5.54 Å². The Morgan fingerprint density at radius 2 is 1.32 bits per heavy atom. The maximum absolute atomic E-state index is 11.1. The number of hydrogen-bond donors (Lipinski definition) is 0. The molecule has 6 nitrogen and oxygen atoms in total. The van der Waals surface area contributed by atoms with E-state index in [2.05, 4.69) is 15.0 Å². The summed E-state index contributed by atoms with van der Waals surface area (Å²) < 4.78 is 0. The SMILES string of the molecule is O=C=NC1(C(N=C=O)(N=C=O)C2CCCCC2)CCCCC1. The van der Waals surface area contributed by atoms with E-state index in [0.717, 1.165) is 51.4 Å². The summed E-state index contributed by atoms with van der Waals surface area (Å²) in [5.41, 5.74) is -2.29. The Kier molecular flexibility index (Phi) is 5.57. The van der Waals surface area contributed by atoms with Crippen LogP contribution in [0.25, 0.3) is 0 Å². The lowest BCUT2D eigenvalue weighted by Crippen LogP contribution is -2.56. The highest BCUT2D eigenvalue weighted by Gasteiger charge is 2.57. The molecule has 0 heterocycles. The van der Waals surface area contributed by atoms with E-state index in [1.54, 1.807) is 18.2 Å². The minimum Gasteiger partial charge on any atom is -0.211 e. The third-order valence-electron chi connectivity index (χ3n) is 5.23. The summed E-state index contributed by atoms with van der Waals surface area (Å²) in [6.07, 6.45) is 13.5. The van der Waals surface area contributed by atoms with Crippen molar-refractivity contribution in [2.24, 2.45) is 20.9 Å². The van der Waals surface area contributed by atoms with Crippen LogP contribution in [0.15, 0.2) is 15.0 Å². The molecule has 118 valence electrons. The first-order valence-electron chi connectivity index (χ1n) is 8.02. The molecule has 2 aliphatic rings. The Bertz CT molecular complexity index is 511. The normalized spacial score (nSPS) is 24.0. The standard InChI is InChI=1S/C16H21N3O3/c20-11-17-15(9-5-2-6-10-15)16(18-12-21,19-13-22)14-7-3-1-4-8-14/h14H,1-10H2. The minimum absolute atomic E-state index is 0.0839. The third kappa shape index (κ3) is 2.86. The van der Waals surface area contributed by atoms with Gasteiger partial charge in [0.15, 0.2) is 0 Å². The summed E-state index contributed by atoms with van der Waals surface area (Å²) in [4.78, 5) is 45.3. The van der Waals surface area contributed by atoms with Crippen LogP contribution in [-0.4, -0.2) is 29.4 Å². The van der Waals surface area contributed by atoms with Gasteiger partial charge in [-0.05, 0) is 25.7 Å². The second-order valence-corrected chi connectivity index (χ2v) is 6.26. The molecule has 0 aromatic rings. The van der Waals surface area contributed by atoms with Gasteiger partial charge < -0.3 is 0 Å². The fourth-order valence-corrected chi connectivity index (χ4v) is 4.23. The Balaban J connectivity index is 2.59. The van der Waals surface area contributed by atoms with Crippen molar-refractivity contribution in [2.75, 3.05) is 0 Å². The molecule has 0 unspecified atom stereocenters. The average Bonchev–Trinajstić information content (AvgIpc) is 2.56. The van der Waals surface area contributed by atoms with Gasteiger partial charge in [0.2, 0.25) is 23.9 Å². The Labute approximate surface area is 129 Å². The van der Waals surface area contributed by atoms with Crippen LogP contribution in [0.2, 0.25) is 0 Å². The van der Waals surface area contributed by atoms with Gasteiger partial charge in [-0.15, -0.1) is 0 Å². The molecule has 0 saturated heterocycles. The number of rotatable bonds is 5. The highest BCUT2D eigenvalue weighted by molar-refractivity contribution is 5.44. The van der Waals surface area contributed by atoms with Gasteiger partial charge in [0.25, 0.3) is 0 Å². The molecule has 0 N–H and O–H groups in total. The lowest BCUT2D eigenvalue weighted by atomic mass is 9.65. The van der Waals surface area contributed by atoms with E-state index in [1.165, 1.54) is 0 Å². The van der Waals surface area contributed by atoms with Gasteiger partial charge in [0.05, 0.1) is 0 Å². The zero-order valence-electron chi connectivity index (χ0n) is 12.7. The summed E-state index contributed by atoms with van der Waals surface area (Å²) in [7, 11) is 0. The monoisotopic (exact) mass is 303 g/mol. The molecule has 0 aromatic heterocycles. The lowest BCUT2D eigenvalue weighted by Gasteiger charge is -2.47. The van der Waals surface area contributed by atoms with Crippen molar-refractivity contribution in [3.8, 4) is 0 Å². The van der Waals surface area contributed by atoms with E-state index in [1.807, 2.05) is 0 Å². The molecule has 22 heavy (non-hydrogen) atoms. The Hall–Kier alpha value is -1.86. The van der Waals surface area contributed by atoms with E-state index in [-0.39, 0.29) is 5.92 Å². The third-order valence-corrected chi connectivity index (χ3v) is 5.23. The molecule has 6 heteroatoms. The van der Waals surface area contributed by atoms with Gasteiger partial charge in [-0.3, -0.25) is 0 Å². The molecule has 2 aliphatic carbocycles. The zero-order valence-corrected chi connectivity index (χ0v) is 12.7. The first-order chi connectivity index (χ1) is 10.7. The quantitative estimate of drug-likeness (QED) is 0.577. The van der Waals surface area contributed by atoms with E-state index in [0.29, 0.717) is 12.8 Å². The van der Waals surface area contributed by atoms with E-state index < -0.39 is 11.2 Å². The molecule has 0 amide bonds. The number of carbonyl (C=O) groups excluding carboxylic acids is 3. The highest BCUT2D eigenvalue weighted by Crippen LogP contribution is 2.50. The number of isocyanates is 3. The summed E-state index contributed by atoms with van der Waals surface area (Å²) in [5.74, 6) is -0.0839. The Morgan fingerprint density at radius 1 is 0.773 bits per heavy atom. The van der Waals surface area contributed by atoms with Gasteiger partial charge in [-0.1, -0.05) is 38.5 Å². The van der Waals surface area contributed by atoms with Gasteiger partial charge >= 0.3 is 0 Å². The van der Waals surface area contributed by atoms with Crippen LogP contribution in [0.5, 0.6) is 0 Å². The molecular weight excluding hydrogens is 282 g/mol. The molecular formula is C16H21N3O3. The van der Waals surface area contributed by atoms with Crippen LogP contribution in [0.3, 0.4) is 0 Å². The Morgan fingerprint density at radius 3 is 1.82 bits per heavy atom. The van der Waals surface area contributed by atoms with Crippen molar-refractivity contribution in [3.05, 3.63) is 0 Å². The predicted octanol–water partition coefficient (Wildman–Crippen LogP) is 2.97. The predicted molar refractivity (Wildman–Crippen MR) is 79.5 cm³/mol.